The normalized spacial score (nSPS) is 17.3. The van der Waals surface area contributed by atoms with E-state index in [0.29, 0.717) is 12.2 Å². The minimum atomic E-state index is -0.207. The van der Waals surface area contributed by atoms with E-state index >= 15 is 0 Å². The lowest BCUT2D eigenvalue weighted by atomic mass is 10.1. The number of rotatable bonds is 5. The largest absolute Gasteiger partial charge is 0.465 e. The lowest BCUT2D eigenvalue weighted by molar-refractivity contribution is 0.0934. The maximum atomic E-state index is 12.3. The van der Waals surface area contributed by atoms with Crippen LogP contribution in [0.3, 0.4) is 0 Å². The van der Waals surface area contributed by atoms with Crippen molar-refractivity contribution in [2.45, 2.75) is 26.6 Å². The predicted molar refractivity (Wildman–Crippen MR) is 97.6 cm³/mol. The third-order valence-corrected chi connectivity index (χ3v) is 4.66. The van der Waals surface area contributed by atoms with Crippen LogP contribution in [-0.4, -0.2) is 43.6 Å². The summed E-state index contributed by atoms with van der Waals surface area (Å²) in [7, 11) is 0. The molecular weight excluding hydrogens is 344 g/mol. The van der Waals surface area contributed by atoms with Crippen molar-refractivity contribution in [3.63, 3.8) is 0 Å². The van der Waals surface area contributed by atoms with Gasteiger partial charge in [-0.25, -0.2) is 4.98 Å². The molecule has 0 radical (unpaired) electrons. The molecule has 4 heterocycles. The molecular formula is C19H22N6O2. The first-order chi connectivity index (χ1) is 13.2. The van der Waals surface area contributed by atoms with Crippen LogP contribution < -0.4 is 5.32 Å². The van der Waals surface area contributed by atoms with Gasteiger partial charge in [0.2, 0.25) is 0 Å². The van der Waals surface area contributed by atoms with Gasteiger partial charge >= 0.3 is 0 Å². The molecule has 0 saturated heterocycles. The van der Waals surface area contributed by atoms with Gasteiger partial charge in [-0.2, -0.15) is 5.10 Å². The van der Waals surface area contributed by atoms with Crippen molar-refractivity contribution < 1.29 is 9.21 Å². The van der Waals surface area contributed by atoms with Gasteiger partial charge in [-0.3, -0.25) is 19.4 Å². The summed E-state index contributed by atoms with van der Waals surface area (Å²) in [5.74, 6) is 1.88. The van der Waals surface area contributed by atoms with Crippen LogP contribution in [0.1, 0.15) is 27.7 Å². The standard InChI is InChI=1S/C19H22N6O2/c1-14-2-3-17(27-14)13-24-10-15(11-25-16(12-24)4-5-23-25)8-22-19(26)18-9-20-6-7-21-18/h2-7,9,15H,8,10-13H2,1H3,(H,22,26). The fourth-order valence-electron chi connectivity index (χ4n) is 3.40. The second-order valence-corrected chi connectivity index (χ2v) is 6.85. The second-order valence-electron chi connectivity index (χ2n) is 6.85. The zero-order valence-corrected chi connectivity index (χ0v) is 15.2. The molecule has 1 unspecified atom stereocenters. The molecule has 8 heteroatoms. The highest BCUT2D eigenvalue weighted by Crippen LogP contribution is 2.19. The van der Waals surface area contributed by atoms with E-state index in [1.165, 1.54) is 18.1 Å². The van der Waals surface area contributed by atoms with Crippen molar-refractivity contribution in [1.82, 2.24) is 30.0 Å². The van der Waals surface area contributed by atoms with E-state index in [0.717, 1.165) is 37.7 Å². The molecule has 0 spiro atoms. The molecule has 4 rings (SSSR count). The number of furan rings is 1. The number of aromatic nitrogens is 4. The lowest BCUT2D eigenvalue weighted by Crippen LogP contribution is -2.36. The molecule has 3 aromatic heterocycles. The number of amides is 1. The number of hydrogen-bond acceptors (Lipinski definition) is 6. The number of nitrogens with zero attached hydrogens (tertiary/aromatic N) is 5. The van der Waals surface area contributed by atoms with Gasteiger partial charge in [0, 0.05) is 50.7 Å². The van der Waals surface area contributed by atoms with Crippen LogP contribution in [0.2, 0.25) is 0 Å². The van der Waals surface area contributed by atoms with Gasteiger partial charge in [0.05, 0.1) is 18.4 Å². The summed E-state index contributed by atoms with van der Waals surface area (Å²) < 4.78 is 7.76. The molecule has 1 aliphatic heterocycles. The van der Waals surface area contributed by atoms with E-state index in [2.05, 4.69) is 25.3 Å². The Hall–Kier alpha value is -3.00. The van der Waals surface area contributed by atoms with Crippen LogP contribution in [0.5, 0.6) is 0 Å². The zero-order valence-electron chi connectivity index (χ0n) is 15.2. The fourth-order valence-corrected chi connectivity index (χ4v) is 3.40. The SMILES string of the molecule is Cc1ccc(CN2Cc3ccnn3CC(CNC(=O)c3cnccn3)C2)o1. The summed E-state index contributed by atoms with van der Waals surface area (Å²) in [5.41, 5.74) is 1.50. The minimum Gasteiger partial charge on any atom is -0.465 e. The Morgan fingerprint density at radius 3 is 2.96 bits per heavy atom. The predicted octanol–water partition coefficient (Wildman–Crippen LogP) is 1.64. The molecule has 1 N–H and O–H groups in total. The van der Waals surface area contributed by atoms with Crippen molar-refractivity contribution >= 4 is 5.91 Å². The Morgan fingerprint density at radius 1 is 1.26 bits per heavy atom. The van der Waals surface area contributed by atoms with E-state index in [-0.39, 0.29) is 11.8 Å². The van der Waals surface area contributed by atoms with Crippen molar-refractivity contribution in [3.05, 3.63) is 65.9 Å². The van der Waals surface area contributed by atoms with Gasteiger partial charge in [0.15, 0.2) is 0 Å². The van der Waals surface area contributed by atoms with Gasteiger partial charge in [-0.1, -0.05) is 0 Å². The highest BCUT2D eigenvalue weighted by molar-refractivity contribution is 5.91. The van der Waals surface area contributed by atoms with Crippen molar-refractivity contribution in [2.75, 3.05) is 13.1 Å². The van der Waals surface area contributed by atoms with Crippen molar-refractivity contribution in [2.24, 2.45) is 5.92 Å². The second kappa shape index (κ2) is 7.71. The quantitative estimate of drug-likeness (QED) is 0.738. The molecule has 27 heavy (non-hydrogen) atoms. The first kappa shape index (κ1) is 17.4. The number of carbonyl (C=O) groups is 1. The fraction of sp³-hybridized carbons (Fsp3) is 0.368. The average molecular weight is 366 g/mol. The summed E-state index contributed by atoms with van der Waals surface area (Å²) in [5, 5.41) is 7.40. The van der Waals surface area contributed by atoms with Gasteiger partial charge < -0.3 is 9.73 Å². The first-order valence-electron chi connectivity index (χ1n) is 9.00. The molecule has 0 aliphatic carbocycles. The summed E-state index contributed by atoms with van der Waals surface area (Å²) >= 11 is 0. The maximum absolute atomic E-state index is 12.3. The molecule has 140 valence electrons. The van der Waals surface area contributed by atoms with Crippen LogP contribution >= 0.6 is 0 Å². The summed E-state index contributed by atoms with van der Waals surface area (Å²) in [6.45, 7) is 5.62. The summed E-state index contributed by atoms with van der Waals surface area (Å²) in [6, 6.07) is 6.04. The maximum Gasteiger partial charge on any atom is 0.271 e. The van der Waals surface area contributed by atoms with Gasteiger partial charge in [-0.05, 0) is 25.1 Å². The Kier molecular flexibility index (Phi) is 4.97. The number of aryl methyl sites for hydroxylation is 1. The van der Waals surface area contributed by atoms with Gasteiger partial charge in [0.1, 0.15) is 17.2 Å². The molecule has 0 bridgehead atoms. The van der Waals surface area contributed by atoms with Crippen LogP contribution in [0.25, 0.3) is 0 Å². The number of fused-ring (bicyclic) bond motifs is 1. The third-order valence-electron chi connectivity index (χ3n) is 4.66. The molecule has 0 aromatic carbocycles. The van der Waals surface area contributed by atoms with E-state index < -0.39 is 0 Å². The number of nitrogens with one attached hydrogen (secondary N) is 1. The van der Waals surface area contributed by atoms with E-state index in [1.807, 2.05) is 36.0 Å². The topological polar surface area (TPSA) is 89.1 Å². The molecule has 8 nitrogen and oxygen atoms in total. The van der Waals surface area contributed by atoms with Crippen LogP contribution in [0, 0.1) is 12.8 Å². The first-order valence-corrected chi connectivity index (χ1v) is 9.00. The van der Waals surface area contributed by atoms with E-state index in [4.69, 9.17) is 4.42 Å². The Bertz CT molecular complexity index is 904. The highest BCUT2D eigenvalue weighted by atomic mass is 16.3. The Balaban J connectivity index is 1.44. The molecule has 1 aliphatic rings. The molecule has 0 saturated carbocycles. The number of carbonyl (C=O) groups excluding carboxylic acids is 1. The Labute approximate surface area is 157 Å². The highest BCUT2D eigenvalue weighted by Gasteiger charge is 2.24. The zero-order chi connectivity index (χ0) is 18.6. The van der Waals surface area contributed by atoms with Crippen molar-refractivity contribution in [3.8, 4) is 0 Å². The van der Waals surface area contributed by atoms with E-state index in [9.17, 15) is 4.79 Å². The van der Waals surface area contributed by atoms with Crippen molar-refractivity contribution in [1.29, 1.82) is 0 Å². The van der Waals surface area contributed by atoms with E-state index in [1.54, 1.807) is 6.20 Å². The monoisotopic (exact) mass is 366 g/mol. The molecule has 1 amide bonds. The molecule has 3 aromatic rings. The molecule has 1 atom stereocenters. The Morgan fingerprint density at radius 2 is 2.19 bits per heavy atom. The number of hydrogen-bond donors (Lipinski definition) is 1. The summed E-state index contributed by atoms with van der Waals surface area (Å²) in [4.78, 5) is 22.6. The lowest BCUT2D eigenvalue weighted by Gasteiger charge is -2.23. The third kappa shape index (κ3) is 4.22. The van der Waals surface area contributed by atoms with Crippen LogP contribution in [0.15, 0.2) is 47.4 Å². The molecule has 0 fully saturated rings. The van der Waals surface area contributed by atoms with Crippen LogP contribution in [-0.2, 0) is 19.6 Å². The summed E-state index contributed by atoms with van der Waals surface area (Å²) in [6.07, 6.45) is 6.36. The van der Waals surface area contributed by atoms with Gasteiger partial charge in [0.25, 0.3) is 5.91 Å². The van der Waals surface area contributed by atoms with Crippen LogP contribution in [0.4, 0.5) is 0 Å². The average Bonchev–Trinajstić information content (AvgIpc) is 3.25. The smallest absolute Gasteiger partial charge is 0.271 e. The van der Waals surface area contributed by atoms with Gasteiger partial charge in [-0.15, -0.1) is 0 Å². The minimum absolute atomic E-state index is 0.207.